The van der Waals surface area contributed by atoms with Crippen LogP contribution in [0.3, 0.4) is 0 Å². The van der Waals surface area contributed by atoms with Gasteiger partial charge in [0.05, 0.1) is 7.11 Å². The molecule has 1 heterocycles. The second kappa shape index (κ2) is 5.55. The summed E-state index contributed by atoms with van der Waals surface area (Å²) in [6.07, 6.45) is 1.95. The monoisotopic (exact) mass is 269 g/mol. The molecule has 0 aliphatic carbocycles. The molecule has 0 aromatic heterocycles. The van der Waals surface area contributed by atoms with Crippen LogP contribution in [-0.2, 0) is 12.8 Å². The highest BCUT2D eigenvalue weighted by Crippen LogP contribution is 2.30. The van der Waals surface area contributed by atoms with E-state index in [1.807, 2.05) is 12.1 Å². The van der Waals surface area contributed by atoms with Crippen LogP contribution in [0.4, 0.5) is 0 Å². The summed E-state index contributed by atoms with van der Waals surface area (Å²) in [5, 5.41) is 13.4. The van der Waals surface area contributed by atoms with Crippen molar-refractivity contribution in [3.8, 4) is 11.5 Å². The van der Waals surface area contributed by atoms with Crippen LogP contribution in [0.2, 0.25) is 0 Å². The highest BCUT2D eigenvalue weighted by molar-refractivity contribution is 5.42. The maximum atomic E-state index is 9.87. The zero-order valence-electron chi connectivity index (χ0n) is 11.6. The molecule has 0 fully saturated rings. The lowest BCUT2D eigenvalue weighted by atomic mass is 9.90. The van der Waals surface area contributed by atoms with Gasteiger partial charge in [-0.05, 0) is 48.2 Å². The van der Waals surface area contributed by atoms with Crippen LogP contribution in [0, 0.1) is 0 Å². The number of phenolic OH excluding ortho intramolecular Hbond substituents is 1. The van der Waals surface area contributed by atoms with Crippen molar-refractivity contribution < 1.29 is 9.84 Å². The molecule has 3 nitrogen and oxygen atoms in total. The van der Waals surface area contributed by atoms with E-state index in [9.17, 15) is 5.11 Å². The number of benzene rings is 2. The van der Waals surface area contributed by atoms with E-state index in [2.05, 4.69) is 29.6 Å². The summed E-state index contributed by atoms with van der Waals surface area (Å²) >= 11 is 0. The Morgan fingerprint density at radius 1 is 1.25 bits per heavy atom. The largest absolute Gasteiger partial charge is 0.504 e. The molecule has 1 aliphatic rings. The van der Waals surface area contributed by atoms with Crippen LogP contribution in [-0.4, -0.2) is 18.8 Å². The molecule has 2 N–H and O–H groups in total. The number of hydrogen-bond donors (Lipinski definition) is 2. The fourth-order valence-corrected chi connectivity index (χ4v) is 2.87. The fraction of sp³-hybridized carbons (Fsp3) is 0.294. The van der Waals surface area contributed by atoms with Gasteiger partial charge in [0, 0.05) is 6.04 Å². The van der Waals surface area contributed by atoms with Crippen molar-refractivity contribution in [1.82, 2.24) is 5.32 Å². The normalized spacial score (nSPS) is 17.6. The average molecular weight is 269 g/mol. The zero-order valence-corrected chi connectivity index (χ0v) is 11.6. The molecule has 0 bridgehead atoms. The Kier molecular flexibility index (Phi) is 3.61. The first-order valence-corrected chi connectivity index (χ1v) is 6.95. The highest BCUT2D eigenvalue weighted by Gasteiger charge is 2.19. The van der Waals surface area contributed by atoms with Crippen molar-refractivity contribution in [3.05, 3.63) is 59.2 Å². The Morgan fingerprint density at radius 3 is 2.90 bits per heavy atom. The standard InChI is InChI=1S/C17H19NO2/c1-20-17-7-6-12(11-16(17)19)10-15-14-5-3-2-4-13(14)8-9-18-15/h2-7,11,15,18-19H,8-10H2,1H3. The Bertz CT molecular complexity index is 610. The van der Waals surface area contributed by atoms with Crippen LogP contribution in [0.15, 0.2) is 42.5 Å². The summed E-state index contributed by atoms with van der Waals surface area (Å²) in [4.78, 5) is 0. The van der Waals surface area contributed by atoms with E-state index in [-0.39, 0.29) is 5.75 Å². The van der Waals surface area contributed by atoms with E-state index in [0.717, 1.165) is 24.9 Å². The number of ether oxygens (including phenoxy) is 1. The van der Waals surface area contributed by atoms with E-state index in [4.69, 9.17) is 4.74 Å². The van der Waals surface area contributed by atoms with Gasteiger partial charge in [-0.1, -0.05) is 30.3 Å². The second-order valence-corrected chi connectivity index (χ2v) is 5.17. The summed E-state index contributed by atoms with van der Waals surface area (Å²) in [7, 11) is 1.56. The Labute approximate surface area is 119 Å². The van der Waals surface area contributed by atoms with Gasteiger partial charge in [-0.15, -0.1) is 0 Å². The lowest BCUT2D eigenvalue weighted by molar-refractivity contribution is 0.372. The first-order chi connectivity index (χ1) is 9.78. The second-order valence-electron chi connectivity index (χ2n) is 5.17. The van der Waals surface area contributed by atoms with Crippen LogP contribution < -0.4 is 10.1 Å². The van der Waals surface area contributed by atoms with Gasteiger partial charge >= 0.3 is 0 Å². The van der Waals surface area contributed by atoms with Crippen molar-refractivity contribution >= 4 is 0 Å². The number of methoxy groups -OCH3 is 1. The molecule has 1 aliphatic heterocycles. The van der Waals surface area contributed by atoms with Gasteiger partial charge in [-0.25, -0.2) is 0 Å². The van der Waals surface area contributed by atoms with Gasteiger partial charge in [-0.3, -0.25) is 0 Å². The number of phenols is 1. The number of fused-ring (bicyclic) bond motifs is 1. The van der Waals surface area contributed by atoms with Crippen LogP contribution in [0.1, 0.15) is 22.7 Å². The molecule has 0 radical (unpaired) electrons. The molecular weight excluding hydrogens is 250 g/mol. The predicted octanol–water partition coefficient (Wildman–Crippen LogP) is 2.83. The zero-order chi connectivity index (χ0) is 13.9. The van der Waals surface area contributed by atoms with Gasteiger partial charge < -0.3 is 15.2 Å². The minimum Gasteiger partial charge on any atom is -0.504 e. The van der Waals surface area contributed by atoms with E-state index in [1.165, 1.54) is 11.1 Å². The minimum atomic E-state index is 0.203. The van der Waals surface area contributed by atoms with Gasteiger partial charge in [-0.2, -0.15) is 0 Å². The summed E-state index contributed by atoms with van der Waals surface area (Å²) in [6.45, 7) is 1.00. The van der Waals surface area contributed by atoms with E-state index < -0.39 is 0 Å². The number of rotatable bonds is 3. The third kappa shape index (κ3) is 2.49. The molecule has 0 saturated heterocycles. The SMILES string of the molecule is COc1ccc(CC2NCCc3ccccc32)cc1O. The molecule has 20 heavy (non-hydrogen) atoms. The van der Waals surface area contributed by atoms with Crippen molar-refractivity contribution in [3.63, 3.8) is 0 Å². The smallest absolute Gasteiger partial charge is 0.160 e. The number of hydrogen-bond acceptors (Lipinski definition) is 3. The lowest BCUT2D eigenvalue weighted by Crippen LogP contribution is -2.31. The minimum absolute atomic E-state index is 0.203. The maximum Gasteiger partial charge on any atom is 0.160 e. The van der Waals surface area contributed by atoms with Crippen LogP contribution in [0.5, 0.6) is 11.5 Å². The van der Waals surface area contributed by atoms with E-state index >= 15 is 0 Å². The molecule has 1 unspecified atom stereocenters. The molecule has 0 saturated carbocycles. The molecular formula is C17H19NO2. The predicted molar refractivity (Wildman–Crippen MR) is 79.3 cm³/mol. The van der Waals surface area contributed by atoms with E-state index in [1.54, 1.807) is 13.2 Å². The van der Waals surface area contributed by atoms with Crippen molar-refractivity contribution in [2.24, 2.45) is 0 Å². The summed E-state index contributed by atoms with van der Waals surface area (Å²) < 4.78 is 5.08. The Morgan fingerprint density at radius 2 is 2.10 bits per heavy atom. The van der Waals surface area contributed by atoms with Gasteiger partial charge in [0.25, 0.3) is 0 Å². The molecule has 3 rings (SSSR count). The summed E-state index contributed by atoms with van der Waals surface area (Å²) in [5.41, 5.74) is 3.90. The number of aromatic hydroxyl groups is 1. The van der Waals surface area contributed by atoms with Crippen molar-refractivity contribution in [1.29, 1.82) is 0 Å². The molecule has 3 heteroatoms. The average Bonchev–Trinajstić information content (AvgIpc) is 2.48. The topological polar surface area (TPSA) is 41.5 Å². The molecule has 1 atom stereocenters. The molecule has 104 valence electrons. The molecule has 0 amide bonds. The molecule has 2 aromatic rings. The summed E-state index contributed by atoms with van der Waals surface area (Å²) in [5.74, 6) is 0.722. The van der Waals surface area contributed by atoms with E-state index in [0.29, 0.717) is 11.8 Å². The third-order valence-corrected chi connectivity index (χ3v) is 3.90. The van der Waals surface area contributed by atoms with Gasteiger partial charge in [0.15, 0.2) is 11.5 Å². The third-order valence-electron chi connectivity index (χ3n) is 3.90. The first-order valence-electron chi connectivity index (χ1n) is 6.95. The van der Waals surface area contributed by atoms with Crippen molar-refractivity contribution in [2.45, 2.75) is 18.9 Å². The van der Waals surface area contributed by atoms with Crippen LogP contribution in [0.25, 0.3) is 0 Å². The lowest BCUT2D eigenvalue weighted by Gasteiger charge is -2.27. The quantitative estimate of drug-likeness (QED) is 0.900. The molecule has 2 aromatic carbocycles. The van der Waals surface area contributed by atoms with Gasteiger partial charge in [0.1, 0.15) is 0 Å². The molecule has 0 spiro atoms. The van der Waals surface area contributed by atoms with Gasteiger partial charge in [0.2, 0.25) is 0 Å². The van der Waals surface area contributed by atoms with Crippen LogP contribution >= 0.6 is 0 Å². The Hall–Kier alpha value is -2.00. The van der Waals surface area contributed by atoms with Crippen molar-refractivity contribution in [2.75, 3.05) is 13.7 Å². The Balaban J connectivity index is 1.84. The fourth-order valence-electron chi connectivity index (χ4n) is 2.87. The summed E-state index contributed by atoms with van der Waals surface area (Å²) in [6, 6.07) is 14.5. The maximum absolute atomic E-state index is 9.87. The first kappa shape index (κ1) is 13.0. The highest BCUT2D eigenvalue weighted by atomic mass is 16.5. The number of nitrogens with one attached hydrogen (secondary N) is 1.